The lowest BCUT2D eigenvalue weighted by molar-refractivity contribution is 0.0633. The van der Waals surface area contributed by atoms with E-state index in [0.29, 0.717) is 0 Å². The highest BCUT2D eigenvalue weighted by Crippen LogP contribution is 2.16. The number of hydrogen-bond donors (Lipinski definition) is 2. The number of nitrogens with two attached hydrogens (primary N) is 1. The van der Waals surface area contributed by atoms with Crippen molar-refractivity contribution in [2.24, 2.45) is 5.73 Å². The van der Waals surface area contributed by atoms with Crippen molar-refractivity contribution in [3.05, 3.63) is 35.4 Å². The Morgan fingerprint density at radius 2 is 2.07 bits per heavy atom. The Morgan fingerprint density at radius 1 is 1.50 bits per heavy atom. The van der Waals surface area contributed by atoms with Crippen molar-refractivity contribution >= 4 is 6.09 Å². The van der Waals surface area contributed by atoms with Crippen molar-refractivity contribution in [3.8, 4) is 0 Å². The summed E-state index contributed by atoms with van der Waals surface area (Å²) in [6, 6.07) is 7.34. The summed E-state index contributed by atoms with van der Waals surface area (Å²) in [4.78, 5) is 10.5. The van der Waals surface area contributed by atoms with Gasteiger partial charge in [-0.3, -0.25) is 0 Å². The van der Waals surface area contributed by atoms with Crippen LogP contribution in [0.5, 0.6) is 0 Å². The van der Waals surface area contributed by atoms with Gasteiger partial charge in [0, 0.05) is 0 Å². The molecule has 4 nitrogen and oxygen atoms in total. The fraction of sp³-hybridized carbons (Fsp3) is 0.300. The molecule has 0 aliphatic carbocycles. The quantitative estimate of drug-likeness (QED) is 0.759. The monoisotopic (exact) mass is 195 g/mol. The lowest BCUT2D eigenvalue weighted by Gasteiger charge is -2.14. The van der Waals surface area contributed by atoms with Gasteiger partial charge in [0.25, 0.3) is 0 Å². The van der Waals surface area contributed by atoms with Gasteiger partial charge >= 0.3 is 6.09 Å². The molecule has 1 atom stereocenters. The molecule has 0 heterocycles. The fourth-order valence-corrected chi connectivity index (χ4v) is 1.13. The highest BCUT2D eigenvalue weighted by atomic mass is 16.6. The first-order valence-corrected chi connectivity index (χ1v) is 4.27. The lowest BCUT2D eigenvalue weighted by atomic mass is 10.1. The van der Waals surface area contributed by atoms with Crippen molar-refractivity contribution in [3.63, 3.8) is 0 Å². The van der Waals surface area contributed by atoms with Crippen LogP contribution in [0, 0.1) is 6.92 Å². The molecule has 0 fully saturated rings. The van der Waals surface area contributed by atoms with Crippen LogP contribution in [-0.4, -0.2) is 17.8 Å². The second kappa shape index (κ2) is 4.62. The van der Waals surface area contributed by atoms with Crippen molar-refractivity contribution in [2.45, 2.75) is 13.0 Å². The molecule has 1 unspecified atom stereocenters. The maximum absolute atomic E-state index is 10.5. The first kappa shape index (κ1) is 10.5. The predicted octanol–water partition coefficient (Wildman–Crippen LogP) is 1.12. The molecule has 1 aromatic rings. The molecular weight excluding hydrogens is 182 g/mol. The van der Waals surface area contributed by atoms with E-state index in [9.17, 15) is 4.79 Å². The molecule has 76 valence electrons. The minimum absolute atomic E-state index is 0.272. The van der Waals surface area contributed by atoms with E-state index >= 15 is 0 Å². The Balaban J connectivity index is 2.78. The number of ether oxygens (including phenoxy) is 1. The van der Waals surface area contributed by atoms with E-state index in [1.165, 1.54) is 0 Å². The van der Waals surface area contributed by atoms with Gasteiger partial charge in [-0.25, -0.2) is 4.79 Å². The SMILES string of the molecule is Cc1ccc(C(CO)OC(N)=O)cc1. The van der Waals surface area contributed by atoms with Crippen LogP contribution in [0.2, 0.25) is 0 Å². The minimum atomic E-state index is -0.885. The second-order valence-corrected chi connectivity index (χ2v) is 3.02. The normalized spacial score (nSPS) is 12.1. The summed E-state index contributed by atoms with van der Waals surface area (Å²) in [5.41, 5.74) is 6.70. The zero-order valence-corrected chi connectivity index (χ0v) is 7.93. The number of carbonyl (C=O) groups excluding carboxylic acids is 1. The molecule has 0 saturated heterocycles. The van der Waals surface area contributed by atoms with Gasteiger partial charge < -0.3 is 15.6 Å². The first-order chi connectivity index (χ1) is 6.63. The number of primary amides is 1. The van der Waals surface area contributed by atoms with Crippen molar-refractivity contribution < 1.29 is 14.6 Å². The molecule has 3 N–H and O–H groups in total. The van der Waals surface area contributed by atoms with E-state index in [1.807, 2.05) is 19.1 Å². The largest absolute Gasteiger partial charge is 0.439 e. The summed E-state index contributed by atoms with van der Waals surface area (Å²) in [5, 5.41) is 8.96. The van der Waals surface area contributed by atoms with Crippen molar-refractivity contribution in [1.29, 1.82) is 0 Å². The molecule has 1 rings (SSSR count). The molecule has 0 aliphatic heterocycles. The van der Waals surface area contributed by atoms with Crippen LogP contribution in [0.3, 0.4) is 0 Å². The molecular formula is C10H13NO3. The molecule has 0 radical (unpaired) electrons. The van der Waals surface area contributed by atoms with Crippen LogP contribution in [0.1, 0.15) is 17.2 Å². The van der Waals surface area contributed by atoms with Crippen LogP contribution >= 0.6 is 0 Å². The highest BCUT2D eigenvalue weighted by Gasteiger charge is 2.13. The summed E-state index contributed by atoms with van der Waals surface area (Å²) in [5.74, 6) is 0. The smallest absolute Gasteiger partial charge is 0.405 e. The highest BCUT2D eigenvalue weighted by molar-refractivity contribution is 5.65. The molecule has 0 saturated carbocycles. The molecule has 1 amide bonds. The second-order valence-electron chi connectivity index (χ2n) is 3.02. The van der Waals surface area contributed by atoms with Gasteiger partial charge in [-0.15, -0.1) is 0 Å². The van der Waals surface area contributed by atoms with E-state index < -0.39 is 12.2 Å². The standard InChI is InChI=1S/C10H13NO3/c1-7-2-4-8(5-3-7)9(6-12)14-10(11)13/h2-5,9,12H,6H2,1H3,(H2,11,13). The van der Waals surface area contributed by atoms with E-state index in [0.717, 1.165) is 11.1 Å². The number of hydrogen-bond acceptors (Lipinski definition) is 3. The van der Waals surface area contributed by atoms with E-state index in [4.69, 9.17) is 15.6 Å². The van der Waals surface area contributed by atoms with Gasteiger partial charge in [0.1, 0.15) is 0 Å². The summed E-state index contributed by atoms with van der Waals surface area (Å²) in [6.45, 7) is 1.68. The number of aryl methyl sites for hydroxylation is 1. The number of benzene rings is 1. The van der Waals surface area contributed by atoms with Crippen molar-refractivity contribution in [1.82, 2.24) is 0 Å². The van der Waals surface area contributed by atoms with Gasteiger partial charge in [-0.1, -0.05) is 29.8 Å². The number of rotatable bonds is 3. The molecule has 4 heteroatoms. The molecule has 0 aromatic heterocycles. The van der Waals surface area contributed by atoms with Gasteiger partial charge in [0.2, 0.25) is 0 Å². The van der Waals surface area contributed by atoms with Crippen LogP contribution in [0.15, 0.2) is 24.3 Å². The molecule has 0 spiro atoms. The Morgan fingerprint density at radius 3 is 2.50 bits per heavy atom. The maximum Gasteiger partial charge on any atom is 0.405 e. The summed E-state index contributed by atoms with van der Waals surface area (Å²) in [7, 11) is 0. The maximum atomic E-state index is 10.5. The van der Waals surface area contributed by atoms with Gasteiger partial charge in [0.05, 0.1) is 6.61 Å². The summed E-state index contributed by atoms with van der Waals surface area (Å²) < 4.78 is 4.71. The van der Waals surface area contributed by atoms with Crippen LogP contribution in [0.25, 0.3) is 0 Å². The molecule has 14 heavy (non-hydrogen) atoms. The first-order valence-electron chi connectivity index (χ1n) is 4.27. The van der Waals surface area contributed by atoms with Crippen LogP contribution < -0.4 is 5.73 Å². The average Bonchev–Trinajstić information content (AvgIpc) is 2.15. The van der Waals surface area contributed by atoms with E-state index in [-0.39, 0.29) is 6.61 Å². The van der Waals surface area contributed by atoms with Gasteiger partial charge in [-0.2, -0.15) is 0 Å². The van der Waals surface area contributed by atoms with E-state index in [1.54, 1.807) is 12.1 Å². The third-order valence-corrected chi connectivity index (χ3v) is 1.87. The van der Waals surface area contributed by atoms with E-state index in [2.05, 4.69) is 0 Å². The molecule has 0 bridgehead atoms. The topological polar surface area (TPSA) is 72.6 Å². The Kier molecular flexibility index (Phi) is 3.48. The van der Waals surface area contributed by atoms with Gasteiger partial charge in [0.15, 0.2) is 6.10 Å². The number of aliphatic hydroxyl groups is 1. The zero-order chi connectivity index (χ0) is 10.6. The zero-order valence-electron chi connectivity index (χ0n) is 7.93. The lowest BCUT2D eigenvalue weighted by Crippen LogP contribution is -2.19. The number of carbonyl (C=O) groups is 1. The Hall–Kier alpha value is -1.55. The molecule has 0 aliphatic rings. The van der Waals surface area contributed by atoms with Crippen LogP contribution in [-0.2, 0) is 4.74 Å². The summed E-state index contributed by atoms with van der Waals surface area (Å²) >= 11 is 0. The Bertz CT molecular complexity index is 308. The number of amides is 1. The third-order valence-electron chi connectivity index (χ3n) is 1.87. The average molecular weight is 195 g/mol. The minimum Gasteiger partial charge on any atom is -0.439 e. The van der Waals surface area contributed by atoms with Crippen molar-refractivity contribution in [2.75, 3.05) is 6.61 Å². The summed E-state index contributed by atoms with van der Waals surface area (Å²) in [6.07, 6.45) is -1.56. The Labute approximate surface area is 82.3 Å². The fourth-order valence-electron chi connectivity index (χ4n) is 1.13. The van der Waals surface area contributed by atoms with Gasteiger partial charge in [-0.05, 0) is 12.5 Å². The van der Waals surface area contributed by atoms with Crippen LogP contribution in [0.4, 0.5) is 4.79 Å². The third kappa shape index (κ3) is 2.74. The number of aliphatic hydroxyl groups excluding tert-OH is 1. The molecule has 1 aromatic carbocycles. The predicted molar refractivity (Wildman–Crippen MR) is 51.7 cm³/mol.